The van der Waals surface area contributed by atoms with Crippen molar-refractivity contribution >= 4 is 59.0 Å². The molecular formula is C23H33NO11S2. The van der Waals surface area contributed by atoms with Crippen LogP contribution in [0.15, 0.2) is 0 Å². The van der Waals surface area contributed by atoms with Gasteiger partial charge >= 0.3 is 29.8 Å². The van der Waals surface area contributed by atoms with Gasteiger partial charge in [0, 0.05) is 34.2 Å². The van der Waals surface area contributed by atoms with Crippen LogP contribution in [0.2, 0.25) is 0 Å². The lowest BCUT2D eigenvalue weighted by Crippen LogP contribution is -2.67. The minimum atomic E-state index is -1.32. The van der Waals surface area contributed by atoms with Crippen molar-refractivity contribution in [3.63, 3.8) is 0 Å². The molecule has 14 heteroatoms. The smallest absolute Gasteiger partial charge is 0.309 e. The van der Waals surface area contributed by atoms with E-state index in [4.69, 9.17) is 40.6 Å². The van der Waals surface area contributed by atoms with E-state index in [2.05, 4.69) is 12.6 Å². The number of esters is 5. The Hall–Kier alpha value is -2.45. The number of likely N-dealkylation sites (tertiary alicyclic amines) is 1. The van der Waals surface area contributed by atoms with Crippen molar-refractivity contribution in [3.8, 4) is 0 Å². The Morgan fingerprint density at radius 1 is 0.892 bits per heavy atom. The molecule has 0 spiro atoms. The molecule has 2 fully saturated rings. The minimum absolute atomic E-state index is 0.188. The van der Waals surface area contributed by atoms with Crippen LogP contribution in [-0.2, 0) is 52.4 Å². The molecule has 2 aliphatic rings. The summed E-state index contributed by atoms with van der Waals surface area (Å²) in [6, 6.07) is -0.686. The number of ether oxygens (including phenoxy) is 6. The fourth-order valence-corrected chi connectivity index (χ4v) is 5.07. The first-order valence-corrected chi connectivity index (χ1v) is 12.7. The summed E-state index contributed by atoms with van der Waals surface area (Å²) in [5.41, 5.74) is 0. The molecule has 2 heterocycles. The molecule has 2 aliphatic heterocycles. The Labute approximate surface area is 226 Å². The highest BCUT2D eigenvalue weighted by Gasteiger charge is 2.56. The Morgan fingerprint density at radius 2 is 1.46 bits per heavy atom. The third-order valence-corrected chi connectivity index (χ3v) is 6.41. The zero-order valence-electron chi connectivity index (χ0n) is 21.4. The Morgan fingerprint density at radius 3 is 1.97 bits per heavy atom. The number of hydrogen-bond acceptors (Lipinski definition) is 12. The van der Waals surface area contributed by atoms with Gasteiger partial charge in [0.05, 0.1) is 18.6 Å². The summed E-state index contributed by atoms with van der Waals surface area (Å²) in [6.45, 7) is 6.52. The van der Waals surface area contributed by atoms with Gasteiger partial charge in [-0.05, 0) is 19.8 Å². The van der Waals surface area contributed by atoms with Crippen LogP contribution in [0.4, 0.5) is 0 Å². The van der Waals surface area contributed by atoms with E-state index in [0.717, 1.165) is 20.8 Å². The molecule has 0 aromatic heterocycles. The fourth-order valence-electron chi connectivity index (χ4n) is 4.59. The molecule has 12 nitrogen and oxygen atoms in total. The number of thiol groups is 1. The molecule has 7 atom stereocenters. The molecule has 2 unspecified atom stereocenters. The quantitative estimate of drug-likeness (QED) is 0.194. The van der Waals surface area contributed by atoms with Gasteiger partial charge in [-0.3, -0.25) is 24.0 Å². The van der Waals surface area contributed by atoms with Crippen molar-refractivity contribution in [1.82, 2.24) is 4.90 Å². The molecule has 0 amide bonds. The molecule has 37 heavy (non-hydrogen) atoms. The maximum absolute atomic E-state index is 12.6. The topological polar surface area (TPSA) is 144 Å². The number of thiocarbonyl (C=S) groups is 1. The Kier molecular flexibility index (Phi) is 11.6. The van der Waals surface area contributed by atoms with Crippen LogP contribution < -0.4 is 0 Å². The highest BCUT2D eigenvalue weighted by atomic mass is 32.1. The average molecular weight is 564 g/mol. The molecule has 0 aliphatic carbocycles. The molecule has 0 radical (unpaired) electrons. The summed E-state index contributed by atoms with van der Waals surface area (Å²) >= 11 is 9.65. The van der Waals surface area contributed by atoms with Gasteiger partial charge in [0.2, 0.25) is 0 Å². The zero-order valence-corrected chi connectivity index (χ0v) is 23.1. The van der Waals surface area contributed by atoms with E-state index >= 15 is 0 Å². The summed E-state index contributed by atoms with van der Waals surface area (Å²) in [5.74, 6) is -3.71. The normalized spacial score (nSPS) is 29.5. The molecule has 0 aromatic carbocycles. The minimum Gasteiger partial charge on any atom is -0.466 e. The second kappa shape index (κ2) is 13.9. The summed E-state index contributed by atoms with van der Waals surface area (Å²) in [5, 5.41) is 0. The van der Waals surface area contributed by atoms with Gasteiger partial charge in [-0.25, -0.2) is 0 Å². The number of nitrogens with zero attached hydrogens (tertiary/aromatic N) is 1. The summed E-state index contributed by atoms with van der Waals surface area (Å²) in [4.78, 5) is 62.0. The molecule has 0 saturated carbocycles. The molecule has 208 valence electrons. The molecule has 0 bridgehead atoms. The van der Waals surface area contributed by atoms with E-state index in [1.165, 1.54) is 6.92 Å². The monoisotopic (exact) mass is 563 g/mol. The van der Waals surface area contributed by atoms with Crippen LogP contribution >= 0.6 is 24.8 Å². The van der Waals surface area contributed by atoms with Crippen LogP contribution in [0.25, 0.3) is 0 Å². The standard InChI is InChI=1S/C23H33NO11S2/c1-6-30-22(29)15-7-8-24(23(36)37)16(9-15)18-20(33-13(4)27)21(34-14(5)28)19(32-12(3)26)17(35-18)10-31-11(2)25/h15-21H,6-10H2,1-5H3,(H,36,37)/t15?,16?,17-,18+,19+,20+,21+/m1/s1. The summed E-state index contributed by atoms with van der Waals surface area (Å²) in [6.07, 6.45) is -5.40. The number of piperidine rings is 1. The van der Waals surface area contributed by atoms with Crippen molar-refractivity contribution in [3.05, 3.63) is 0 Å². The van der Waals surface area contributed by atoms with Crippen molar-refractivity contribution < 1.29 is 52.4 Å². The largest absolute Gasteiger partial charge is 0.466 e. The summed E-state index contributed by atoms with van der Waals surface area (Å²) < 4.78 is 33.3. The van der Waals surface area contributed by atoms with Gasteiger partial charge in [0.1, 0.15) is 23.1 Å². The Bertz CT molecular complexity index is 898. The van der Waals surface area contributed by atoms with Gasteiger partial charge in [-0.15, -0.1) is 12.6 Å². The first-order valence-electron chi connectivity index (χ1n) is 11.8. The van der Waals surface area contributed by atoms with E-state index in [9.17, 15) is 24.0 Å². The number of hydrogen-bond donors (Lipinski definition) is 1. The third-order valence-electron chi connectivity index (χ3n) is 5.92. The van der Waals surface area contributed by atoms with Gasteiger partial charge in [-0.2, -0.15) is 0 Å². The molecular weight excluding hydrogens is 530 g/mol. The van der Waals surface area contributed by atoms with E-state index in [0.29, 0.717) is 13.0 Å². The van der Waals surface area contributed by atoms with Crippen molar-refractivity contribution in [2.24, 2.45) is 5.92 Å². The lowest BCUT2D eigenvalue weighted by Gasteiger charge is -2.50. The lowest BCUT2D eigenvalue weighted by atomic mass is 9.82. The van der Waals surface area contributed by atoms with Gasteiger partial charge in [0.25, 0.3) is 0 Å². The SMILES string of the molecule is CCOC(=O)C1CCN(C(=S)S)C([C@@H]2O[C@H](COC(C)=O)[C@H](OC(C)=O)[C@H](OC(C)=O)[C@H]2OC(C)=O)C1. The fraction of sp³-hybridized carbons (Fsp3) is 0.739. The van der Waals surface area contributed by atoms with Crippen molar-refractivity contribution in [2.45, 2.75) is 84.0 Å². The maximum Gasteiger partial charge on any atom is 0.309 e. The second-order valence-corrected chi connectivity index (χ2v) is 9.79. The molecule has 2 rings (SSSR count). The van der Waals surface area contributed by atoms with Crippen molar-refractivity contribution in [1.29, 1.82) is 0 Å². The van der Waals surface area contributed by atoms with E-state index in [1.807, 2.05) is 0 Å². The van der Waals surface area contributed by atoms with Crippen LogP contribution in [0.3, 0.4) is 0 Å². The summed E-state index contributed by atoms with van der Waals surface area (Å²) in [7, 11) is 0. The number of carbonyl (C=O) groups is 5. The predicted octanol–water partition coefficient (Wildman–Crippen LogP) is 0.970. The number of rotatable bonds is 8. The van der Waals surface area contributed by atoms with E-state index in [1.54, 1.807) is 11.8 Å². The predicted molar refractivity (Wildman–Crippen MR) is 133 cm³/mol. The lowest BCUT2D eigenvalue weighted by molar-refractivity contribution is -0.261. The van der Waals surface area contributed by atoms with Crippen LogP contribution in [0.5, 0.6) is 0 Å². The van der Waals surface area contributed by atoms with Crippen LogP contribution in [0.1, 0.15) is 47.5 Å². The molecule has 0 N–H and O–H groups in total. The third kappa shape index (κ3) is 8.54. The first-order chi connectivity index (χ1) is 17.3. The highest BCUT2D eigenvalue weighted by molar-refractivity contribution is 8.10. The Balaban J connectivity index is 2.58. The molecule has 2 saturated heterocycles. The van der Waals surface area contributed by atoms with Crippen LogP contribution in [-0.4, -0.2) is 95.4 Å². The highest BCUT2D eigenvalue weighted by Crippen LogP contribution is 2.37. The van der Waals surface area contributed by atoms with Crippen molar-refractivity contribution in [2.75, 3.05) is 19.8 Å². The van der Waals surface area contributed by atoms with Gasteiger partial charge in [0.15, 0.2) is 18.3 Å². The number of carbonyl (C=O) groups excluding carboxylic acids is 5. The zero-order chi connectivity index (χ0) is 27.9. The average Bonchev–Trinajstić information content (AvgIpc) is 2.79. The van der Waals surface area contributed by atoms with Gasteiger partial charge < -0.3 is 33.3 Å². The van der Waals surface area contributed by atoms with Gasteiger partial charge in [-0.1, -0.05) is 12.2 Å². The molecule has 0 aromatic rings. The van der Waals surface area contributed by atoms with Crippen LogP contribution in [0, 0.1) is 5.92 Å². The first kappa shape index (κ1) is 30.8. The second-order valence-electron chi connectivity index (χ2n) is 8.68. The maximum atomic E-state index is 12.6. The van der Waals surface area contributed by atoms with E-state index in [-0.39, 0.29) is 24.0 Å². The van der Waals surface area contributed by atoms with E-state index < -0.39 is 72.3 Å².